The molecule has 154 valence electrons. The Bertz CT molecular complexity index is 874. The largest absolute Gasteiger partial charge is 0.326 e. The number of carbonyl (C=O) groups is 1. The van der Waals surface area contributed by atoms with E-state index in [0.717, 1.165) is 32.2 Å². The highest BCUT2D eigenvalue weighted by Gasteiger charge is 2.49. The third-order valence-electron chi connectivity index (χ3n) is 6.02. The Morgan fingerprint density at radius 1 is 1.25 bits per heavy atom. The van der Waals surface area contributed by atoms with Crippen molar-refractivity contribution in [2.75, 3.05) is 25.0 Å². The van der Waals surface area contributed by atoms with Crippen LogP contribution in [-0.4, -0.2) is 39.8 Å². The van der Waals surface area contributed by atoms with Gasteiger partial charge >= 0.3 is 0 Å². The van der Waals surface area contributed by atoms with Crippen LogP contribution in [-0.2, 0) is 14.8 Å². The van der Waals surface area contributed by atoms with Crippen LogP contribution in [0.25, 0.3) is 0 Å². The molecular weight excluding hydrogens is 400 g/mol. The first kappa shape index (κ1) is 21.1. The highest BCUT2D eigenvalue weighted by molar-refractivity contribution is 7.90. The number of amidine groups is 1. The second kappa shape index (κ2) is 8.39. The molecule has 7 nitrogen and oxygen atoms in total. The van der Waals surface area contributed by atoms with Crippen LogP contribution in [0, 0.1) is 11.3 Å². The van der Waals surface area contributed by atoms with E-state index in [1.54, 1.807) is 12.1 Å². The monoisotopic (exact) mass is 426 g/mol. The minimum absolute atomic E-state index is 0. The number of sulfonamides is 1. The van der Waals surface area contributed by atoms with E-state index in [1.165, 1.54) is 18.6 Å². The molecule has 0 radical (unpaired) electrons. The Morgan fingerprint density at radius 2 is 2.11 bits per heavy atom. The summed E-state index contributed by atoms with van der Waals surface area (Å²) in [4.78, 5) is 17.4. The van der Waals surface area contributed by atoms with Gasteiger partial charge in [0.25, 0.3) is 10.0 Å². The fourth-order valence-electron chi connectivity index (χ4n) is 4.52. The van der Waals surface area contributed by atoms with Gasteiger partial charge < -0.3 is 10.6 Å². The number of carbonyl (C=O) groups excluding carboxylic acids is 1. The molecule has 1 aromatic rings. The average molecular weight is 427 g/mol. The van der Waals surface area contributed by atoms with Gasteiger partial charge in [0, 0.05) is 25.2 Å². The molecule has 0 unspecified atom stereocenters. The molecule has 2 fully saturated rings. The van der Waals surface area contributed by atoms with Crippen LogP contribution in [0.2, 0.25) is 0 Å². The van der Waals surface area contributed by atoms with Crippen LogP contribution >= 0.6 is 12.4 Å². The first-order valence-corrected chi connectivity index (χ1v) is 11.2. The smallest absolute Gasteiger partial charge is 0.262 e. The van der Waals surface area contributed by atoms with E-state index in [-0.39, 0.29) is 28.6 Å². The standard InChI is InChI=1S/C19H26N4O3S.ClH/c24-18(19-9-2-1-5-14(19)12-20-13-19)22-15-6-3-7-16(11-15)27(25,26)23-17-8-4-10-21-17;/h3,6-7,11,14,20H,1-2,4-5,8-10,12-13H2,(H,21,23)(H,22,24);1H/t14-,19+;/m0./s1. The van der Waals surface area contributed by atoms with Crippen molar-refractivity contribution in [3.63, 3.8) is 0 Å². The van der Waals surface area contributed by atoms with Crippen molar-refractivity contribution in [2.45, 2.75) is 43.4 Å². The summed E-state index contributed by atoms with van der Waals surface area (Å²) in [6.07, 6.45) is 5.70. The maximum absolute atomic E-state index is 13.1. The molecule has 3 aliphatic rings. The minimum atomic E-state index is -3.69. The molecule has 1 aliphatic carbocycles. The Morgan fingerprint density at radius 3 is 2.89 bits per heavy atom. The lowest BCUT2D eigenvalue weighted by atomic mass is 9.67. The zero-order valence-electron chi connectivity index (χ0n) is 15.7. The highest BCUT2D eigenvalue weighted by atomic mass is 35.5. The van der Waals surface area contributed by atoms with Crippen molar-refractivity contribution < 1.29 is 13.2 Å². The van der Waals surface area contributed by atoms with E-state index < -0.39 is 10.0 Å². The molecule has 0 aromatic heterocycles. The van der Waals surface area contributed by atoms with Gasteiger partial charge in [-0.1, -0.05) is 18.9 Å². The summed E-state index contributed by atoms with van der Waals surface area (Å²) in [6, 6.07) is 6.45. The SMILES string of the molecule is Cl.O=C(Nc1cccc(S(=O)(=O)NC2=NCCC2)c1)[C@@]12CCCC[C@H]1CNC2. The number of aliphatic imine (C=N–C) groups is 1. The number of amides is 1. The van der Waals surface area contributed by atoms with Crippen molar-refractivity contribution in [1.29, 1.82) is 0 Å². The Hall–Kier alpha value is -1.64. The zero-order chi connectivity index (χ0) is 18.9. The minimum Gasteiger partial charge on any atom is -0.326 e. The Kier molecular flexibility index (Phi) is 6.31. The van der Waals surface area contributed by atoms with Crippen LogP contribution in [0.15, 0.2) is 34.2 Å². The molecule has 3 N–H and O–H groups in total. The van der Waals surface area contributed by atoms with E-state index in [2.05, 4.69) is 20.3 Å². The molecule has 1 amide bonds. The number of rotatable bonds is 4. The van der Waals surface area contributed by atoms with Gasteiger partial charge in [0.2, 0.25) is 5.91 Å². The number of anilines is 1. The first-order chi connectivity index (χ1) is 13.0. The summed E-state index contributed by atoms with van der Waals surface area (Å²) >= 11 is 0. The molecule has 2 aliphatic heterocycles. The lowest BCUT2D eigenvalue weighted by Gasteiger charge is -2.37. The molecule has 2 atom stereocenters. The normalized spacial score (nSPS) is 26.7. The predicted octanol–water partition coefficient (Wildman–Crippen LogP) is 2.30. The lowest BCUT2D eigenvalue weighted by Crippen LogP contribution is -2.44. The van der Waals surface area contributed by atoms with Crippen molar-refractivity contribution in [3.05, 3.63) is 24.3 Å². The van der Waals surface area contributed by atoms with Gasteiger partial charge in [0.1, 0.15) is 5.84 Å². The van der Waals surface area contributed by atoms with E-state index >= 15 is 0 Å². The summed E-state index contributed by atoms with van der Waals surface area (Å²) in [5.41, 5.74) is 0.145. The molecule has 2 heterocycles. The Balaban J connectivity index is 0.00000225. The van der Waals surface area contributed by atoms with Crippen LogP contribution in [0.3, 0.4) is 0 Å². The van der Waals surface area contributed by atoms with Crippen molar-refractivity contribution in [1.82, 2.24) is 10.0 Å². The van der Waals surface area contributed by atoms with Crippen LogP contribution in [0.1, 0.15) is 38.5 Å². The molecule has 28 heavy (non-hydrogen) atoms. The van der Waals surface area contributed by atoms with Crippen LogP contribution in [0.5, 0.6) is 0 Å². The third kappa shape index (κ3) is 4.04. The first-order valence-electron chi connectivity index (χ1n) is 9.68. The maximum atomic E-state index is 13.1. The fraction of sp³-hybridized carbons (Fsp3) is 0.579. The van der Waals surface area contributed by atoms with Gasteiger partial charge in [-0.25, -0.2) is 8.42 Å². The third-order valence-corrected chi connectivity index (χ3v) is 7.40. The number of fused-ring (bicyclic) bond motifs is 1. The topological polar surface area (TPSA) is 99.7 Å². The quantitative estimate of drug-likeness (QED) is 0.687. The van der Waals surface area contributed by atoms with Gasteiger partial charge in [-0.2, -0.15) is 0 Å². The molecule has 1 saturated carbocycles. The Labute approximate surface area is 172 Å². The molecule has 0 bridgehead atoms. The zero-order valence-corrected chi connectivity index (χ0v) is 17.4. The molecular formula is C19H27ClN4O3S. The number of hydrogen-bond acceptors (Lipinski definition) is 5. The van der Waals surface area contributed by atoms with E-state index in [1.807, 2.05) is 0 Å². The lowest BCUT2D eigenvalue weighted by molar-refractivity contribution is -0.128. The average Bonchev–Trinajstić information content (AvgIpc) is 3.31. The van der Waals surface area contributed by atoms with E-state index in [4.69, 9.17) is 0 Å². The predicted molar refractivity (Wildman–Crippen MR) is 111 cm³/mol. The van der Waals surface area contributed by atoms with Gasteiger partial charge in [0.15, 0.2) is 0 Å². The fourth-order valence-corrected chi connectivity index (χ4v) is 5.66. The summed E-state index contributed by atoms with van der Waals surface area (Å²) in [7, 11) is -3.69. The molecule has 0 spiro atoms. The van der Waals surface area contributed by atoms with Crippen molar-refractivity contribution in [2.24, 2.45) is 16.3 Å². The summed E-state index contributed by atoms with van der Waals surface area (Å²) in [5, 5.41) is 6.35. The summed E-state index contributed by atoms with van der Waals surface area (Å²) in [5.74, 6) is 0.866. The van der Waals surface area contributed by atoms with Gasteiger partial charge in [-0.05, 0) is 49.9 Å². The highest BCUT2D eigenvalue weighted by Crippen LogP contribution is 2.44. The van der Waals surface area contributed by atoms with Crippen molar-refractivity contribution >= 4 is 39.9 Å². The molecule has 1 saturated heterocycles. The number of nitrogens with one attached hydrogen (secondary N) is 3. The van der Waals surface area contributed by atoms with Gasteiger partial charge in [-0.3, -0.25) is 14.5 Å². The van der Waals surface area contributed by atoms with Crippen LogP contribution < -0.4 is 15.4 Å². The number of hydrogen-bond donors (Lipinski definition) is 3. The van der Waals surface area contributed by atoms with Crippen LogP contribution in [0.4, 0.5) is 5.69 Å². The molecule has 1 aromatic carbocycles. The van der Waals surface area contributed by atoms with E-state index in [9.17, 15) is 13.2 Å². The number of nitrogens with zero attached hydrogens (tertiary/aromatic N) is 1. The molecule has 9 heteroatoms. The maximum Gasteiger partial charge on any atom is 0.262 e. The summed E-state index contributed by atoms with van der Waals surface area (Å²) < 4.78 is 27.7. The van der Waals surface area contributed by atoms with Crippen molar-refractivity contribution in [3.8, 4) is 0 Å². The summed E-state index contributed by atoms with van der Waals surface area (Å²) in [6.45, 7) is 2.24. The second-order valence-electron chi connectivity index (χ2n) is 7.75. The van der Waals surface area contributed by atoms with Gasteiger partial charge in [-0.15, -0.1) is 12.4 Å². The van der Waals surface area contributed by atoms with E-state index in [0.29, 0.717) is 37.0 Å². The van der Waals surface area contributed by atoms with Gasteiger partial charge in [0.05, 0.1) is 10.3 Å². The number of benzene rings is 1. The molecule has 4 rings (SSSR count). The number of halogens is 1. The second-order valence-corrected chi connectivity index (χ2v) is 9.43.